The smallest absolute Gasteiger partial charge is 0.191 e. The van der Waals surface area contributed by atoms with Crippen molar-refractivity contribution in [1.82, 2.24) is 20.2 Å². The van der Waals surface area contributed by atoms with Gasteiger partial charge in [0, 0.05) is 44.5 Å². The molecule has 0 bridgehead atoms. The van der Waals surface area contributed by atoms with Crippen LogP contribution >= 0.6 is 0 Å². The molecule has 0 saturated heterocycles. The molecule has 0 radical (unpaired) electrons. The lowest BCUT2D eigenvalue weighted by atomic mass is 9.76. The highest BCUT2D eigenvalue weighted by Gasteiger charge is 2.28. The normalized spacial score (nSPS) is 12.2. The molecule has 5 heteroatoms. The number of aliphatic imine (C=N–C) groups is 1. The minimum Gasteiger partial charge on any atom is -0.356 e. The zero-order chi connectivity index (χ0) is 17.3. The fourth-order valence-corrected chi connectivity index (χ4v) is 3.00. The number of benzene rings is 1. The highest BCUT2D eigenvalue weighted by atomic mass is 15.2. The van der Waals surface area contributed by atoms with Crippen molar-refractivity contribution in [3.8, 4) is 0 Å². The maximum atomic E-state index is 4.34. The summed E-state index contributed by atoms with van der Waals surface area (Å²) in [6.45, 7) is 7.06. The lowest BCUT2D eigenvalue weighted by Gasteiger charge is -2.33. The van der Waals surface area contributed by atoms with Crippen LogP contribution in [0.3, 0.4) is 0 Å². The van der Waals surface area contributed by atoms with Gasteiger partial charge >= 0.3 is 0 Å². The van der Waals surface area contributed by atoms with Crippen molar-refractivity contribution in [2.45, 2.75) is 38.6 Å². The number of hydrogen-bond acceptors (Lipinski definition) is 2. The van der Waals surface area contributed by atoms with Gasteiger partial charge in [-0.05, 0) is 18.4 Å². The highest BCUT2D eigenvalue weighted by molar-refractivity contribution is 5.79. The zero-order valence-electron chi connectivity index (χ0n) is 15.0. The first-order valence-electron chi connectivity index (χ1n) is 8.70. The first-order valence-corrected chi connectivity index (χ1v) is 8.70. The first kappa shape index (κ1) is 18.0. The average molecular weight is 327 g/mol. The first-order chi connectivity index (χ1) is 11.7. The number of hydrogen-bond donors (Lipinski definition) is 2. The zero-order valence-corrected chi connectivity index (χ0v) is 15.0. The Morgan fingerprint density at radius 3 is 2.50 bits per heavy atom. The van der Waals surface area contributed by atoms with E-state index in [1.165, 1.54) is 5.56 Å². The van der Waals surface area contributed by atoms with Gasteiger partial charge in [0.2, 0.25) is 0 Å². The summed E-state index contributed by atoms with van der Waals surface area (Å²) < 4.78 is 2.05. The molecule has 2 rings (SSSR count). The van der Waals surface area contributed by atoms with Gasteiger partial charge in [0.05, 0.1) is 6.33 Å². The third-order valence-corrected chi connectivity index (χ3v) is 4.78. The summed E-state index contributed by atoms with van der Waals surface area (Å²) in [6.07, 6.45) is 7.77. The van der Waals surface area contributed by atoms with E-state index in [1.807, 2.05) is 24.1 Å². The van der Waals surface area contributed by atoms with Gasteiger partial charge in [0.15, 0.2) is 5.96 Å². The average Bonchev–Trinajstić information content (AvgIpc) is 3.15. The summed E-state index contributed by atoms with van der Waals surface area (Å²) in [4.78, 5) is 8.40. The van der Waals surface area contributed by atoms with Crippen LogP contribution in [0.4, 0.5) is 0 Å². The minimum absolute atomic E-state index is 0.128. The second kappa shape index (κ2) is 9.11. The molecule has 0 aliphatic rings. The molecule has 0 atom stereocenters. The van der Waals surface area contributed by atoms with Gasteiger partial charge in [0.1, 0.15) is 0 Å². The summed E-state index contributed by atoms with van der Waals surface area (Å²) in [5.74, 6) is 0.845. The predicted molar refractivity (Wildman–Crippen MR) is 100 cm³/mol. The quantitative estimate of drug-likeness (QED) is 0.579. The fourth-order valence-electron chi connectivity index (χ4n) is 3.00. The molecule has 1 aromatic heterocycles. The van der Waals surface area contributed by atoms with Crippen molar-refractivity contribution in [1.29, 1.82) is 0 Å². The van der Waals surface area contributed by atoms with E-state index in [2.05, 4.69) is 64.8 Å². The fraction of sp³-hybridized carbons (Fsp3) is 0.474. The van der Waals surface area contributed by atoms with Crippen molar-refractivity contribution in [3.63, 3.8) is 0 Å². The predicted octanol–water partition coefficient (Wildman–Crippen LogP) is 2.81. The molecule has 0 saturated carbocycles. The summed E-state index contributed by atoms with van der Waals surface area (Å²) in [7, 11) is 1.81. The summed E-state index contributed by atoms with van der Waals surface area (Å²) in [6, 6.07) is 10.8. The maximum Gasteiger partial charge on any atom is 0.191 e. The number of nitrogens with one attached hydrogen (secondary N) is 2. The molecule has 2 N–H and O–H groups in total. The van der Waals surface area contributed by atoms with E-state index in [9.17, 15) is 0 Å². The van der Waals surface area contributed by atoms with E-state index in [4.69, 9.17) is 0 Å². The molecule has 1 aromatic carbocycles. The van der Waals surface area contributed by atoms with E-state index in [1.54, 1.807) is 6.20 Å². The monoisotopic (exact) mass is 327 g/mol. The highest BCUT2D eigenvalue weighted by Crippen LogP contribution is 2.30. The van der Waals surface area contributed by atoms with Crippen molar-refractivity contribution >= 4 is 5.96 Å². The molecule has 24 heavy (non-hydrogen) atoms. The van der Waals surface area contributed by atoms with E-state index < -0.39 is 0 Å². The molecule has 2 aromatic rings. The Bertz CT molecular complexity index is 600. The van der Waals surface area contributed by atoms with Crippen LogP contribution in [0.1, 0.15) is 32.3 Å². The van der Waals surface area contributed by atoms with Gasteiger partial charge in [-0.2, -0.15) is 0 Å². The molecule has 1 heterocycles. The second-order valence-corrected chi connectivity index (χ2v) is 6.01. The van der Waals surface area contributed by atoms with Gasteiger partial charge < -0.3 is 15.2 Å². The molecule has 0 aliphatic carbocycles. The number of aromatic nitrogens is 2. The number of rotatable bonds is 8. The third-order valence-electron chi connectivity index (χ3n) is 4.78. The lowest BCUT2D eigenvalue weighted by Crippen LogP contribution is -2.46. The van der Waals surface area contributed by atoms with Crippen molar-refractivity contribution in [2.24, 2.45) is 4.99 Å². The SMILES string of the molecule is CCC(CC)(CNC(=NC)NCCn1ccnc1)c1ccccc1. The Balaban J connectivity index is 1.92. The summed E-state index contributed by atoms with van der Waals surface area (Å²) >= 11 is 0. The molecule has 0 unspecified atom stereocenters. The Labute approximate surface area is 145 Å². The van der Waals surface area contributed by atoms with Gasteiger partial charge in [0.25, 0.3) is 0 Å². The van der Waals surface area contributed by atoms with E-state index in [-0.39, 0.29) is 5.41 Å². The molecular formula is C19H29N5. The standard InChI is InChI=1S/C19H29N5/c1-4-19(5-2,17-9-7-6-8-10-17)15-23-18(20-3)22-12-14-24-13-11-21-16-24/h6-11,13,16H,4-5,12,14-15H2,1-3H3,(H2,20,22,23). The van der Waals surface area contributed by atoms with Crippen LogP contribution in [-0.2, 0) is 12.0 Å². The summed E-state index contributed by atoms with van der Waals surface area (Å²) in [5, 5.41) is 6.87. The van der Waals surface area contributed by atoms with Crippen LogP contribution in [0.5, 0.6) is 0 Å². The molecule has 130 valence electrons. The number of nitrogens with zero attached hydrogens (tertiary/aromatic N) is 3. The van der Waals surface area contributed by atoms with Crippen LogP contribution in [0.2, 0.25) is 0 Å². The lowest BCUT2D eigenvalue weighted by molar-refractivity contribution is 0.389. The van der Waals surface area contributed by atoms with E-state index >= 15 is 0 Å². The van der Waals surface area contributed by atoms with Crippen LogP contribution < -0.4 is 10.6 Å². The van der Waals surface area contributed by atoms with E-state index in [0.29, 0.717) is 0 Å². The molecule has 5 nitrogen and oxygen atoms in total. The molecular weight excluding hydrogens is 298 g/mol. The topological polar surface area (TPSA) is 54.2 Å². The van der Waals surface area contributed by atoms with Gasteiger partial charge in [-0.1, -0.05) is 44.2 Å². The minimum atomic E-state index is 0.128. The van der Waals surface area contributed by atoms with Gasteiger partial charge in [-0.3, -0.25) is 4.99 Å². The van der Waals surface area contributed by atoms with Crippen LogP contribution in [-0.4, -0.2) is 35.6 Å². The molecule has 0 amide bonds. The molecule has 0 spiro atoms. The Morgan fingerprint density at radius 1 is 1.17 bits per heavy atom. The van der Waals surface area contributed by atoms with E-state index in [0.717, 1.165) is 38.4 Å². The Morgan fingerprint density at radius 2 is 1.92 bits per heavy atom. The van der Waals surface area contributed by atoms with Crippen LogP contribution in [0.15, 0.2) is 54.0 Å². The number of imidazole rings is 1. The van der Waals surface area contributed by atoms with Gasteiger partial charge in [-0.15, -0.1) is 0 Å². The maximum absolute atomic E-state index is 4.34. The Kier molecular flexibility index (Phi) is 6.85. The van der Waals surface area contributed by atoms with Crippen LogP contribution in [0, 0.1) is 0 Å². The van der Waals surface area contributed by atoms with Gasteiger partial charge in [-0.25, -0.2) is 4.98 Å². The summed E-state index contributed by atoms with van der Waals surface area (Å²) in [5.41, 5.74) is 1.51. The van der Waals surface area contributed by atoms with Crippen molar-refractivity contribution in [2.75, 3.05) is 20.1 Å². The van der Waals surface area contributed by atoms with Crippen molar-refractivity contribution < 1.29 is 0 Å². The third kappa shape index (κ3) is 4.60. The molecule has 0 fully saturated rings. The largest absolute Gasteiger partial charge is 0.356 e. The van der Waals surface area contributed by atoms with Crippen LogP contribution in [0.25, 0.3) is 0 Å². The van der Waals surface area contributed by atoms with Crippen molar-refractivity contribution in [3.05, 3.63) is 54.6 Å². The number of guanidine groups is 1. The second-order valence-electron chi connectivity index (χ2n) is 6.01. The molecule has 0 aliphatic heterocycles. The Hall–Kier alpha value is -2.30.